The number of hydrogen-bond donors (Lipinski definition) is 0. The van der Waals surface area contributed by atoms with E-state index in [9.17, 15) is 18.0 Å². The van der Waals surface area contributed by atoms with E-state index in [4.69, 9.17) is 5.26 Å². The summed E-state index contributed by atoms with van der Waals surface area (Å²) in [6.07, 6.45) is 0.654. The van der Waals surface area contributed by atoms with Crippen LogP contribution in [0.25, 0.3) is 16.7 Å². The molecule has 1 aliphatic carbocycles. The molecule has 0 unspecified atom stereocenters. The summed E-state index contributed by atoms with van der Waals surface area (Å²) in [7, 11) is 1.67. The Balaban J connectivity index is 1.59. The second-order valence-corrected chi connectivity index (χ2v) is 8.59. The number of nitriles is 1. The Morgan fingerprint density at radius 3 is 2.58 bits per heavy atom. The highest BCUT2D eigenvalue weighted by Crippen LogP contribution is 2.40. The maximum absolute atomic E-state index is 13.8. The molecule has 0 N–H and O–H groups in total. The average Bonchev–Trinajstić information content (AvgIpc) is 3.62. The van der Waals surface area contributed by atoms with Gasteiger partial charge >= 0.3 is 6.18 Å². The molecule has 0 bridgehead atoms. The van der Waals surface area contributed by atoms with Crippen molar-refractivity contribution in [1.29, 1.82) is 5.26 Å². The van der Waals surface area contributed by atoms with Gasteiger partial charge in [0.2, 0.25) is 0 Å². The van der Waals surface area contributed by atoms with Crippen LogP contribution in [-0.4, -0.2) is 42.5 Å². The summed E-state index contributed by atoms with van der Waals surface area (Å²) < 4.78 is 42.8. The fraction of sp³-hybridized carbons (Fsp3) is 0.292. The third kappa shape index (κ3) is 4.13. The van der Waals surface area contributed by atoms with Crippen molar-refractivity contribution >= 4 is 22.5 Å². The van der Waals surface area contributed by atoms with Crippen LogP contribution in [0.5, 0.6) is 0 Å². The molecule has 0 spiro atoms. The first-order valence-electron chi connectivity index (χ1n) is 11.1. The van der Waals surface area contributed by atoms with E-state index < -0.39 is 17.8 Å². The second kappa shape index (κ2) is 8.67. The number of halogens is 3. The van der Waals surface area contributed by atoms with Crippen molar-refractivity contribution in [2.45, 2.75) is 32.0 Å². The van der Waals surface area contributed by atoms with Crippen LogP contribution in [-0.2, 0) is 6.18 Å². The standard InChI is InChI=1S/C24H19F3N8O/c1-13(22-32-12-33-35(22)19-6-3-14(9-28)10-29-19)34(2)23-18-8-16(24(25,26)27)7-17(20(18)30-11-31-23)21(36)15-4-5-15/h3,6-8,10-13,15H,4-5H2,1-2H3/t13-/m0/s1. The molecule has 12 heteroatoms. The molecule has 4 aromatic rings. The average molecular weight is 492 g/mol. The lowest BCUT2D eigenvalue weighted by atomic mass is 9.99. The molecule has 36 heavy (non-hydrogen) atoms. The number of fused-ring (bicyclic) bond motifs is 1. The minimum atomic E-state index is -4.65. The van der Waals surface area contributed by atoms with Gasteiger partial charge in [-0.15, -0.1) is 0 Å². The Morgan fingerprint density at radius 2 is 1.94 bits per heavy atom. The quantitative estimate of drug-likeness (QED) is 0.367. The molecule has 0 amide bonds. The Morgan fingerprint density at radius 1 is 1.17 bits per heavy atom. The van der Waals surface area contributed by atoms with Crippen molar-refractivity contribution < 1.29 is 18.0 Å². The van der Waals surface area contributed by atoms with Gasteiger partial charge in [0.15, 0.2) is 17.4 Å². The van der Waals surface area contributed by atoms with Crippen molar-refractivity contribution in [1.82, 2.24) is 29.7 Å². The Labute approximate surface area is 203 Å². The van der Waals surface area contributed by atoms with Gasteiger partial charge in [-0.25, -0.2) is 19.9 Å². The summed E-state index contributed by atoms with van der Waals surface area (Å²) in [5, 5.41) is 13.3. The van der Waals surface area contributed by atoms with E-state index in [1.54, 1.807) is 31.0 Å². The lowest BCUT2D eigenvalue weighted by Gasteiger charge is -2.27. The number of hydrogen-bond acceptors (Lipinski definition) is 8. The number of anilines is 1. The number of Topliss-reactive ketones (excluding diaryl/α,β-unsaturated/α-hetero) is 1. The summed E-state index contributed by atoms with van der Waals surface area (Å²) in [5.41, 5.74) is -0.410. The van der Waals surface area contributed by atoms with Gasteiger partial charge < -0.3 is 4.90 Å². The summed E-state index contributed by atoms with van der Waals surface area (Å²) >= 11 is 0. The molecule has 3 aromatic heterocycles. The SMILES string of the molecule is C[C@@H](c1ncnn1-c1ccc(C#N)cn1)N(C)c1ncnc2c(C(=O)C3CC3)cc(C(F)(F)F)cc12. The van der Waals surface area contributed by atoms with Crippen molar-refractivity contribution in [3.8, 4) is 11.9 Å². The Kier molecular flexibility index (Phi) is 5.62. The first kappa shape index (κ1) is 23.3. The molecule has 1 aromatic carbocycles. The molecular weight excluding hydrogens is 473 g/mol. The number of pyridine rings is 1. The topological polar surface area (TPSA) is 113 Å². The van der Waals surface area contributed by atoms with Crippen LogP contribution in [0, 0.1) is 17.2 Å². The van der Waals surface area contributed by atoms with Gasteiger partial charge in [-0.3, -0.25) is 4.79 Å². The summed E-state index contributed by atoms with van der Waals surface area (Å²) in [4.78, 5) is 31.5. The smallest absolute Gasteiger partial charge is 0.349 e. The Hall–Kier alpha value is -4.40. The van der Waals surface area contributed by atoms with Crippen LogP contribution < -0.4 is 4.90 Å². The molecule has 1 fully saturated rings. The predicted octanol–water partition coefficient (Wildman–Crippen LogP) is 4.29. The molecular formula is C24H19F3N8O. The third-order valence-corrected chi connectivity index (χ3v) is 6.22. The number of ketones is 1. The zero-order valence-electron chi connectivity index (χ0n) is 19.2. The van der Waals surface area contributed by atoms with E-state index in [-0.39, 0.29) is 34.0 Å². The normalized spacial score (nSPS) is 14.4. The van der Waals surface area contributed by atoms with Crippen LogP contribution in [0.2, 0.25) is 0 Å². The molecule has 0 aliphatic heterocycles. The number of aromatic nitrogens is 6. The van der Waals surface area contributed by atoms with E-state index >= 15 is 0 Å². The lowest BCUT2D eigenvalue weighted by Crippen LogP contribution is -2.26. The van der Waals surface area contributed by atoms with Gasteiger partial charge in [0.05, 0.1) is 22.7 Å². The molecule has 9 nitrogen and oxygen atoms in total. The first-order chi connectivity index (χ1) is 17.2. The molecule has 3 heterocycles. The summed E-state index contributed by atoms with van der Waals surface area (Å²) in [5.74, 6) is 0.475. The van der Waals surface area contributed by atoms with Gasteiger partial charge in [-0.1, -0.05) is 0 Å². The van der Waals surface area contributed by atoms with Crippen molar-refractivity contribution in [3.63, 3.8) is 0 Å². The molecule has 0 saturated heterocycles. The molecule has 1 atom stereocenters. The lowest BCUT2D eigenvalue weighted by molar-refractivity contribution is -0.137. The maximum atomic E-state index is 13.8. The zero-order valence-corrected chi connectivity index (χ0v) is 19.2. The molecule has 1 saturated carbocycles. The minimum Gasteiger partial charge on any atom is -0.349 e. The van der Waals surface area contributed by atoms with E-state index in [1.165, 1.54) is 23.5 Å². The highest BCUT2D eigenvalue weighted by Gasteiger charge is 2.37. The number of carbonyl (C=O) groups is 1. The zero-order chi connectivity index (χ0) is 25.6. The number of rotatable bonds is 6. The summed E-state index contributed by atoms with van der Waals surface area (Å²) in [6.45, 7) is 1.79. The van der Waals surface area contributed by atoms with Crippen LogP contribution in [0.3, 0.4) is 0 Å². The number of nitrogens with zero attached hydrogens (tertiary/aromatic N) is 8. The van der Waals surface area contributed by atoms with Crippen molar-refractivity contribution in [2.24, 2.45) is 5.92 Å². The number of alkyl halides is 3. The van der Waals surface area contributed by atoms with E-state index in [2.05, 4.69) is 25.0 Å². The largest absolute Gasteiger partial charge is 0.416 e. The highest BCUT2D eigenvalue weighted by molar-refractivity contribution is 6.10. The van der Waals surface area contributed by atoms with Crippen LogP contribution in [0.15, 0.2) is 43.1 Å². The molecule has 182 valence electrons. The third-order valence-electron chi connectivity index (χ3n) is 6.22. The van der Waals surface area contributed by atoms with Gasteiger partial charge in [0.1, 0.15) is 24.5 Å². The van der Waals surface area contributed by atoms with Crippen LogP contribution in [0.1, 0.15) is 53.1 Å². The minimum absolute atomic E-state index is 0.0445. The number of carbonyl (C=O) groups excluding carboxylic acids is 1. The molecule has 1 aliphatic rings. The molecule has 0 radical (unpaired) electrons. The highest BCUT2D eigenvalue weighted by atomic mass is 19.4. The fourth-order valence-corrected chi connectivity index (χ4v) is 4.00. The fourth-order valence-electron chi connectivity index (χ4n) is 4.00. The van der Waals surface area contributed by atoms with Gasteiger partial charge in [-0.2, -0.15) is 28.2 Å². The van der Waals surface area contributed by atoms with E-state index in [1.807, 2.05) is 6.07 Å². The monoisotopic (exact) mass is 492 g/mol. The predicted molar refractivity (Wildman–Crippen MR) is 122 cm³/mol. The first-order valence-corrected chi connectivity index (χ1v) is 11.1. The van der Waals surface area contributed by atoms with Crippen molar-refractivity contribution in [2.75, 3.05) is 11.9 Å². The molecule has 5 rings (SSSR count). The van der Waals surface area contributed by atoms with E-state index in [0.29, 0.717) is 30.0 Å². The maximum Gasteiger partial charge on any atom is 0.416 e. The second-order valence-electron chi connectivity index (χ2n) is 8.59. The van der Waals surface area contributed by atoms with Gasteiger partial charge in [0, 0.05) is 30.1 Å². The Bertz CT molecular complexity index is 1500. The number of benzene rings is 1. The van der Waals surface area contributed by atoms with Crippen LogP contribution >= 0.6 is 0 Å². The van der Waals surface area contributed by atoms with Gasteiger partial charge in [0.25, 0.3) is 0 Å². The van der Waals surface area contributed by atoms with Crippen LogP contribution in [0.4, 0.5) is 19.0 Å². The van der Waals surface area contributed by atoms with Crippen molar-refractivity contribution in [3.05, 3.63) is 65.6 Å². The van der Waals surface area contributed by atoms with E-state index in [0.717, 1.165) is 12.1 Å². The summed E-state index contributed by atoms with van der Waals surface area (Å²) in [6, 6.07) is 6.56. The van der Waals surface area contributed by atoms with Gasteiger partial charge in [-0.05, 0) is 44.0 Å².